The van der Waals surface area contributed by atoms with Gasteiger partial charge in [0.2, 0.25) is 0 Å². The molecule has 2 aromatic rings. The summed E-state index contributed by atoms with van der Waals surface area (Å²) in [6, 6.07) is 5.65. The Morgan fingerprint density at radius 1 is 1.24 bits per heavy atom. The molecule has 0 saturated heterocycles. The van der Waals surface area contributed by atoms with Crippen LogP contribution in [-0.2, 0) is 19.3 Å². The van der Waals surface area contributed by atoms with Crippen LogP contribution < -0.4 is 5.32 Å². The van der Waals surface area contributed by atoms with Gasteiger partial charge in [-0.1, -0.05) is 24.6 Å². The predicted molar refractivity (Wildman–Crippen MR) is 78.5 cm³/mol. The van der Waals surface area contributed by atoms with E-state index in [1.165, 1.54) is 12.1 Å². The van der Waals surface area contributed by atoms with E-state index >= 15 is 0 Å². The van der Waals surface area contributed by atoms with E-state index in [1.807, 2.05) is 23.0 Å². The molecule has 1 heterocycles. The third kappa shape index (κ3) is 3.94. The molecule has 0 radical (unpaired) electrons. The van der Waals surface area contributed by atoms with Crippen molar-refractivity contribution >= 4 is 17.3 Å². The van der Waals surface area contributed by atoms with Crippen LogP contribution in [0.15, 0.2) is 36.7 Å². The summed E-state index contributed by atoms with van der Waals surface area (Å²) in [5.74, 6) is 0. The summed E-state index contributed by atoms with van der Waals surface area (Å²) in [6.45, 7) is 3.25. The van der Waals surface area contributed by atoms with Crippen LogP contribution in [0.25, 0.3) is 0 Å². The van der Waals surface area contributed by atoms with Crippen molar-refractivity contribution in [2.45, 2.75) is 32.6 Å². The topological polar surface area (TPSA) is 17.0 Å². The molecule has 6 heteroatoms. The number of hydrogen-bond acceptors (Lipinski definition) is 1. The Labute approximate surface area is 126 Å². The average Bonchev–Trinajstić information content (AvgIpc) is 2.84. The lowest BCUT2D eigenvalue weighted by Gasteiger charge is -2.15. The van der Waals surface area contributed by atoms with Crippen LogP contribution in [0, 0.1) is 0 Å². The number of rotatable bonds is 5. The molecule has 0 atom stereocenters. The van der Waals surface area contributed by atoms with Crippen molar-refractivity contribution in [3.63, 3.8) is 0 Å². The van der Waals surface area contributed by atoms with Gasteiger partial charge in [0, 0.05) is 25.5 Å². The highest BCUT2D eigenvalue weighted by molar-refractivity contribution is 6.33. The SMILES string of the molecule is CCCn1ccc(CNc2c(Cl)cccc2C(F)(F)F)c1. The Morgan fingerprint density at radius 3 is 2.67 bits per heavy atom. The molecule has 0 aliphatic rings. The number of nitrogens with one attached hydrogen (secondary N) is 1. The molecular formula is C15H16ClF3N2. The molecule has 2 nitrogen and oxygen atoms in total. The predicted octanol–water partition coefficient (Wildman–Crippen LogP) is 5.18. The highest BCUT2D eigenvalue weighted by Gasteiger charge is 2.34. The van der Waals surface area contributed by atoms with Crippen molar-refractivity contribution in [3.05, 3.63) is 52.8 Å². The second kappa shape index (κ2) is 6.43. The second-order valence-corrected chi connectivity index (χ2v) is 5.18. The minimum absolute atomic E-state index is 0.0674. The molecule has 21 heavy (non-hydrogen) atoms. The fraction of sp³-hybridized carbons (Fsp3) is 0.333. The third-order valence-electron chi connectivity index (χ3n) is 3.08. The highest BCUT2D eigenvalue weighted by atomic mass is 35.5. The molecule has 2 rings (SSSR count). The first kappa shape index (κ1) is 15.8. The first-order valence-corrected chi connectivity index (χ1v) is 7.04. The van der Waals surface area contributed by atoms with Crippen molar-refractivity contribution in [3.8, 4) is 0 Å². The van der Waals surface area contributed by atoms with Crippen LogP contribution in [0.4, 0.5) is 18.9 Å². The minimum atomic E-state index is -4.43. The zero-order valence-corrected chi connectivity index (χ0v) is 12.3. The van der Waals surface area contributed by atoms with E-state index in [4.69, 9.17) is 11.6 Å². The van der Waals surface area contributed by atoms with E-state index in [0.29, 0.717) is 6.54 Å². The molecule has 1 aromatic heterocycles. The number of hydrogen-bond donors (Lipinski definition) is 1. The fourth-order valence-electron chi connectivity index (χ4n) is 2.12. The summed E-state index contributed by atoms with van der Waals surface area (Å²) < 4.78 is 40.9. The Morgan fingerprint density at radius 2 is 2.00 bits per heavy atom. The van der Waals surface area contributed by atoms with Crippen LogP contribution in [0.5, 0.6) is 0 Å². The zero-order valence-electron chi connectivity index (χ0n) is 11.5. The number of nitrogens with zero attached hydrogens (tertiary/aromatic N) is 1. The molecule has 1 aromatic carbocycles. The van der Waals surface area contributed by atoms with E-state index in [2.05, 4.69) is 12.2 Å². The van der Waals surface area contributed by atoms with Gasteiger partial charge < -0.3 is 9.88 Å². The molecular weight excluding hydrogens is 301 g/mol. The molecule has 0 saturated carbocycles. The van der Waals surface area contributed by atoms with Crippen molar-refractivity contribution in [1.82, 2.24) is 4.57 Å². The Hall–Kier alpha value is -1.62. The quantitative estimate of drug-likeness (QED) is 0.804. The molecule has 0 spiro atoms. The van der Waals surface area contributed by atoms with E-state index in [-0.39, 0.29) is 10.7 Å². The van der Waals surface area contributed by atoms with Gasteiger partial charge in [-0.15, -0.1) is 0 Å². The second-order valence-electron chi connectivity index (χ2n) is 4.77. The molecule has 114 valence electrons. The summed E-state index contributed by atoms with van der Waals surface area (Å²) in [4.78, 5) is 0. The molecule has 0 aliphatic heterocycles. The average molecular weight is 317 g/mol. The van der Waals surface area contributed by atoms with Crippen molar-refractivity contribution in [1.29, 1.82) is 0 Å². The largest absolute Gasteiger partial charge is 0.418 e. The number of anilines is 1. The van der Waals surface area contributed by atoms with E-state index in [0.717, 1.165) is 24.6 Å². The van der Waals surface area contributed by atoms with Gasteiger partial charge in [-0.25, -0.2) is 0 Å². The number of para-hydroxylation sites is 1. The van der Waals surface area contributed by atoms with E-state index < -0.39 is 11.7 Å². The van der Waals surface area contributed by atoms with Gasteiger partial charge in [0.1, 0.15) is 0 Å². The van der Waals surface area contributed by atoms with Crippen LogP contribution in [0.1, 0.15) is 24.5 Å². The maximum absolute atomic E-state index is 13.0. The summed E-state index contributed by atoms with van der Waals surface area (Å²) >= 11 is 5.89. The smallest absolute Gasteiger partial charge is 0.379 e. The van der Waals surface area contributed by atoms with Crippen molar-refractivity contribution in [2.75, 3.05) is 5.32 Å². The third-order valence-corrected chi connectivity index (χ3v) is 3.40. The monoisotopic (exact) mass is 316 g/mol. The zero-order chi connectivity index (χ0) is 15.5. The first-order valence-electron chi connectivity index (χ1n) is 6.66. The maximum atomic E-state index is 13.0. The fourth-order valence-corrected chi connectivity index (χ4v) is 2.36. The van der Waals surface area contributed by atoms with Crippen molar-refractivity contribution in [2.24, 2.45) is 0 Å². The Balaban J connectivity index is 2.15. The van der Waals surface area contributed by atoms with Gasteiger partial charge in [0.15, 0.2) is 0 Å². The van der Waals surface area contributed by atoms with E-state index in [9.17, 15) is 13.2 Å². The van der Waals surface area contributed by atoms with Gasteiger partial charge in [0.25, 0.3) is 0 Å². The van der Waals surface area contributed by atoms with E-state index in [1.54, 1.807) is 0 Å². The molecule has 0 unspecified atom stereocenters. The summed E-state index contributed by atoms with van der Waals surface area (Å²) in [5, 5.41) is 2.86. The van der Waals surface area contributed by atoms with Gasteiger partial charge >= 0.3 is 6.18 Å². The molecule has 1 N–H and O–H groups in total. The lowest BCUT2D eigenvalue weighted by Crippen LogP contribution is -2.11. The molecule has 0 amide bonds. The number of alkyl halides is 3. The Bertz CT molecular complexity index is 605. The van der Waals surface area contributed by atoms with Crippen molar-refractivity contribution < 1.29 is 13.2 Å². The number of aromatic nitrogens is 1. The highest BCUT2D eigenvalue weighted by Crippen LogP contribution is 2.38. The van der Waals surface area contributed by atoms with Crippen LogP contribution in [0.2, 0.25) is 5.02 Å². The summed E-state index contributed by atoms with van der Waals surface area (Å²) in [5.41, 5.74) is 0.0920. The minimum Gasteiger partial charge on any atom is -0.379 e. The van der Waals surface area contributed by atoms with Gasteiger partial charge in [-0.3, -0.25) is 0 Å². The normalized spacial score (nSPS) is 11.7. The number of aryl methyl sites for hydroxylation is 1. The number of halogens is 4. The summed E-state index contributed by atoms with van der Waals surface area (Å²) in [7, 11) is 0. The maximum Gasteiger partial charge on any atom is 0.418 e. The lowest BCUT2D eigenvalue weighted by molar-refractivity contribution is -0.136. The standard InChI is InChI=1S/C15H16ClF3N2/c1-2-7-21-8-6-11(10-21)9-20-14-12(15(17,18)19)4-3-5-13(14)16/h3-6,8,10,20H,2,7,9H2,1H3. The van der Waals surface area contributed by atoms with Gasteiger partial charge in [-0.05, 0) is 30.2 Å². The van der Waals surface area contributed by atoms with Crippen LogP contribution >= 0.6 is 11.6 Å². The lowest BCUT2D eigenvalue weighted by atomic mass is 10.1. The number of benzene rings is 1. The molecule has 0 aliphatic carbocycles. The van der Waals surface area contributed by atoms with Crippen LogP contribution in [0.3, 0.4) is 0 Å². The first-order chi connectivity index (χ1) is 9.91. The van der Waals surface area contributed by atoms with Gasteiger partial charge in [-0.2, -0.15) is 13.2 Å². The van der Waals surface area contributed by atoms with Crippen LogP contribution in [-0.4, -0.2) is 4.57 Å². The molecule has 0 fully saturated rings. The molecule has 0 bridgehead atoms. The summed E-state index contributed by atoms with van der Waals surface area (Å²) in [6.07, 6.45) is 0.407. The van der Waals surface area contributed by atoms with Gasteiger partial charge in [0.05, 0.1) is 16.3 Å². The Kier molecular flexibility index (Phi) is 4.83.